The van der Waals surface area contributed by atoms with Crippen LogP contribution in [0, 0.1) is 11.3 Å². The maximum atomic E-state index is 6.52. The van der Waals surface area contributed by atoms with E-state index in [1.54, 1.807) is 3.28 Å². The SMILES string of the molecule is CC1C=C(C(C)(C)C)C=[C]1[Zr+2](=[CH]c1ccc(Cl)cc1)(=[CH]c1ccc(Cl)cc1)[CH]1c2cc3c(cc2-c2cc4c(cc21)C(C)(C)C=C4)C=CC3(C)C.[Cl-].[Cl-]. The molecule has 52 heavy (non-hydrogen) atoms. The van der Waals surface area contributed by atoms with E-state index in [4.69, 9.17) is 23.2 Å². The zero-order chi connectivity index (χ0) is 35.4. The largest absolute Gasteiger partial charge is 1.00 e. The minimum absolute atomic E-state index is 0. The molecule has 5 heteroatoms. The molecule has 4 aliphatic rings. The number of fused-ring (bicyclic) bond motifs is 5. The van der Waals surface area contributed by atoms with Crippen molar-refractivity contribution in [2.45, 2.75) is 69.8 Å². The zero-order valence-electron chi connectivity index (χ0n) is 31.2. The Morgan fingerprint density at radius 1 is 0.654 bits per heavy atom. The number of rotatable bonds is 4. The van der Waals surface area contributed by atoms with Crippen LogP contribution < -0.4 is 24.8 Å². The van der Waals surface area contributed by atoms with E-state index in [-0.39, 0.29) is 44.7 Å². The fourth-order valence-electron chi connectivity index (χ4n) is 8.96. The van der Waals surface area contributed by atoms with Crippen molar-refractivity contribution in [1.82, 2.24) is 0 Å². The third-order valence-electron chi connectivity index (χ3n) is 11.7. The van der Waals surface area contributed by atoms with E-state index >= 15 is 0 Å². The summed E-state index contributed by atoms with van der Waals surface area (Å²) in [5.74, 6) is 0.319. The van der Waals surface area contributed by atoms with E-state index in [2.05, 4.69) is 172 Å². The quantitative estimate of drug-likeness (QED) is 0.207. The van der Waals surface area contributed by atoms with E-state index in [1.807, 2.05) is 0 Å². The molecule has 0 saturated heterocycles. The number of hydrogen-bond donors (Lipinski definition) is 0. The van der Waals surface area contributed by atoms with Crippen LogP contribution in [0.1, 0.15) is 104 Å². The molecule has 0 amide bonds. The summed E-state index contributed by atoms with van der Waals surface area (Å²) in [5, 5.41) is 1.53. The van der Waals surface area contributed by atoms with Crippen molar-refractivity contribution in [3.05, 3.63) is 161 Å². The fourth-order valence-corrected chi connectivity index (χ4v) is 22.4. The molecule has 0 heterocycles. The number of hydrogen-bond acceptors (Lipinski definition) is 0. The van der Waals surface area contributed by atoms with Gasteiger partial charge in [0.25, 0.3) is 0 Å². The Labute approximate surface area is 336 Å². The minimum Gasteiger partial charge on any atom is -1.00 e. The molecule has 1 unspecified atom stereocenters. The molecule has 266 valence electrons. The van der Waals surface area contributed by atoms with Crippen molar-refractivity contribution >= 4 is 42.8 Å². The van der Waals surface area contributed by atoms with Gasteiger partial charge < -0.3 is 24.8 Å². The normalized spacial score (nSPS) is 18.2. The molecule has 4 aliphatic carbocycles. The van der Waals surface area contributed by atoms with Crippen LogP contribution in [0.2, 0.25) is 10.0 Å². The van der Waals surface area contributed by atoms with Crippen LogP contribution in [0.25, 0.3) is 23.3 Å². The van der Waals surface area contributed by atoms with Crippen LogP contribution in [-0.4, -0.2) is 7.42 Å². The monoisotopic (exact) mass is 840 g/mol. The molecule has 0 bridgehead atoms. The molecule has 0 saturated carbocycles. The molecule has 4 aromatic rings. The molecule has 0 fully saturated rings. The minimum atomic E-state index is -4.04. The molecule has 0 nitrogen and oxygen atoms in total. The van der Waals surface area contributed by atoms with Crippen LogP contribution in [-0.2, 0) is 30.1 Å². The molecular formula is C47H46Cl4Zr. The van der Waals surface area contributed by atoms with Crippen LogP contribution in [0.4, 0.5) is 0 Å². The Morgan fingerprint density at radius 2 is 1.08 bits per heavy atom. The van der Waals surface area contributed by atoms with Gasteiger partial charge in [0.15, 0.2) is 0 Å². The second-order valence-corrected chi connectivity index (χ2v) is 26.9. The summed E-state index contributed by atoms with van der Waals surface area (Å²) >= 11 is 9.00. The third-order valence-corrected chi connectivity index (χ3v) is 24.0. The summed E-state index contributed by atoms with van der Waals surface area (Å²) in [4.78, 5) is 0. The summed E-state index contributed by atoms with van der Waals surface area (Å²) < 4.78 is 7.34. The molecule has 1 atom stereocenters. The van der Waals surface area contributed by atoms with E-state index in [9.17, 15) is 0 Å². The van der Waals surface area contributed by atoms with Crippen LogP contribution in [0.5, 0.6) is 0 Å². The van der Waals surface area contributed by atoms with Crippen LogP contribution in [0.15, 0.2) is 106 Å². The smallest absolute Gasteiger partial charge is 1.00 e. The number of halogens is 4. The van der Waals surface area contributed by atoms with E-state index in [1.165, 1.54) is 61.2 Å². The van der Waals surface area contributed by atoms with Crippen molar-refractivity contribution in [2.24, 2.45) is 11.3 Å². The Bertz CT molecular complexity index is 2210. The molecule has 4 aromatic carbocycles. The first-order valence-electron chi connectivity index (χ1n) is 18.0. The average molecular weight is 844 g/mol. The van der Waals surface area contributed by atoms with Gasteiger partial charge in [0, 0.05) is 0 Å². The standard InChI is InChI=1S/C23H21.C10H15.2C7H5Cl.2ClH.Zr/c1-22(2)7-5-14-10-18-16(12-20(14)22)9-17-13-21-15(11-19(17)18)6-8-23(21,3)4;1-8-5-6-9(7-8)10(2,3)4;2*1-6-2-4-7(8)5-3-6;;;/h5-13H,1-4H3;6-8H,1-4H3;2*1-5H;2*1H;/q;;;;;;+2/p-2. The first-order chi connectivity index (χ1) is 23.6. The molecular weight excluding hydrogens is 798 g/mol. The predicted molar refractivity (Wildman–Crippen MR) is 216 cm³/mol. The Morgan fingerprint density at radius 3 is 1.46 bits per heavy atom. The molecule has 0 aliphatic heterocycles. The van der Waals surface area contributed by atoms with Crippen molar-refractivity contribution in [2.75, 3.05) is 0 Å². The van der Waals surface area contributed by atoms with Gasteiger partial charge in [-0.15, -0.1) is 0 Å². The molecule has 0 N–H and O–H groups in total. The summed E-state index contributed by atoms with van der Waals surface area (Å²) in [5.41, 5.74) is 15.3. The molecule has 0 aromatic heterocycles. The van der Waals surface area contributed by atoms with Crippen molar-refractivity contribution in [1.29, 1.82) is 0 Å². The van der Waals surface area contributed by atoms with Gasteiger partial charge in [0.1, 0.15) is 0 Å². The summed E-state index contributed by atoms with van der Waals surface area (Å²) in [6.07, 6.45) is 14.6. The van der Waals surface area contributed by atoms with Gasteiger partial charge in [-0.3, -0.25) is 0 Å². The van der Waals surface area contributed by atoms with Gasteiger partial charge in [0.2, 0.25) is 0 Å². The van der Waals surface area contributed by atoms with Gasteiger partial charge in [-0.2, -0.15) is 0 Å². The van der Waals surface area contributed by atoms with Crippen LogP contribution in [0.3, 0.4) is 0 Å². The van der Waals surface area contributed by atoms with E-state index < -0.39 is 19.3 Å². The van der Waals surface area contributed by atoms with Crippen molar-refractivity contribution < 1.29 is 44.1 Å². The first kappa shape index (κ1) is 39.3. The molecule has 8 rings (SSSR count). The van der Waals surface area contributed by atoms with E-state index in [0.717, 1.165) is 10.0 Å². The Balaban J connectivity index is 0.00000232. The Hall–Kier alpha value is -2.38. The van der Waals surface area contributed by atoms with Crippen LogP contribution >= 0.6 is 23.2 Å². The first-order valence-corrected chi connectivity index (χ1v) is 24.2. The predicted octanol–water partition coefficient (Wildman–Crippen LogP) is 7.04. The van der Waals surface area contributed by atoms with E-state index in [0.29, 0.717) is 5.92 Å². The second kappa shape index (κ2) is 13.7. The van der Waals surface area contributed by atoms with Gasteiger partial charge >= 0.3 is 315 Å². The maximum absolute atomic E-state index is 6.52. The summed E-state index contributed by atoms with van der Waals surface area (Å²) in [7, 11) is 0. The fraction of sp³-hybridized carbons (Fsp3) is 0.277. The third kappa shape index (κ3) is 6.56. The van der Waals surface area contributed by atoms with Gasteiger partial charge in [-0.25, -0.2) is 0 Å². The number of benzene rings is 4. The van der Waals surface area contributed by atoms with Gasteiger partial charge in [-0.1, -0.05) is 0 Å². The second-order valence-electron chi connectivity index (χ2n) is 17.2. The van der Waals surface area contributed by atoms with Crippen molar-refractivity contribution in [3.63, 3.8) is 0 Å². The van der Waals surface area contributed by atoms with Crippen molar-refractivity contribution in [3.8, 4) is 11.1 Å². The average Bonchev–Trinajstić information content (AvgIpc) is 3.78. The summed E-state index contributed by atoms with van der Waals surface area (Å²) in [6.45, 7) is 18.9. The maximum Gasteiger partial charge on any atom is -1.00 e. The zero-order valence-corrected chi connectivity index (χ0v) is 36.7. The number of allylic oxidation sites excluding steroid dienone is 6. The van der Waals surface area contributed by atoms with Gasteiger partial charge in [0.05, 0.1) is 0 Å². The Kier molecular flexibility index (Phi) is 10.4. The summed E-state index contributed by atoms with van der Waals surface area (Å²) in [6, 6.07) is 27.4. The van der Waals surface area contributed by atoms with Gasteiger partial charge in [-0.05, 0) is 0 Å². The molecule has 0 radical (unpaired) electrons. The topological polar surface area (TPSA) is 0 Å². The molecule has 0 spiro atoms.